The standard InChI is InChI=1S/C24H17FN2O4S/c1-12-3-6-14(7-4-12)20-19(21(28)17-10-5-13(2)31-17)22(29)23(30)27(20)24-26-16-9-8-15(25)11-18(16)32-24/h3-11,20,29H,1-2H3/t20-/m0/s1. The maximum atomic E-state index is 13.7. The topological polar surface area (TPSA) is 83.6 Å². The molecule has 1 atom stereocenters. The Morgan fingerprint density at radius 1 is 1.12 bits per heavy atom. The van der Waals surface area contributed by atoms with Crippen molar-refractivity contribution in [3.8, 4) is 0 Å². The minimum Gasteiger partial charge on any atom is -0.503 e. The molecule has 6 nitrogen and oxygen atoms in total. The van der Waals surface area contributed by atoms with E-state index in [4.69, 9.17) is 4.42 Å². The van der Waals surface area contributed by atoms with Gasteiger partial charge in [0.25, 0.3) is 5.91 Å². The van der Waals surface area contributed by atoms with Crippen LogP contribution in [0, 0.1) is 19.7 Å². The van der Waals surface area contributed by atoms with Crippen molar-refractivity contribution in [1.29, 1.82) is 0 Å². The maximum absolute atomic E-state index is 13.7. The van der Waals surface area contributed by atoms with Gasteiger partial charge in [-0.15, -0.1) is 0 Å². The number of furan rings is 1. The molecule has 1 N–H and O–H groups in total. The lowest BCUT2D eigenvalue weighted by Gasteiger charge is -2.24. The highest BCUT2D eigenvalue weighted by molar-refractivity contribution is 7.22. The van der Waals surface area contributed by atoms with Crippen molar-refractivity contribution in [2.45, 2.75) is 19.9 Å². The Morgan fingerprint density at radius 2 is 1.88 bits per heavy atom. The van der Waals surface area contributed by atoms with Crippen LogP contribution in [0.2, 0.25) is 0 Å². The van der Waals surface area contributed by atoms with E-state index >= 15 is 0 Å². The van der Waals surface area contributed by atoms with Crippen molar-refractivity contribution < 1.29 is 23.5 Å². The van der Waals surface area contributed by atoms with Crippen LogP contribution in [0.15, 0.2) is 70.3 Å². The summed E-state index contributed by atoms with van der Waals surface area (Å²) >= 11 is 1.11. The molecule has 1 aliphatic heterocycles. The molecule has 5 rings (SSSR count). The van der Waals surface area contributed by atoms with Gasteiger partial charge in [-0.05, 0) is 49.7 Å². The molecule has 2 aromatic carbocycles. The number of carbonyl (C=O) groups excluding carboxylic acids is 2. The van der Waals surface area contributed by atoms with E-state index in [1.807, 2.05) is 19.1 Å². The van der Waals surface area contributed by atoms with E-state index < -0.39 is 29.3 Å². The predicted octanol–water partition coefficient (Wildman–Crippen LogP) is 5.43. The Kier molecular flexibility index (Phi) is 4.67. The van der Waals surface area contributed by atoms with E-state index in [-0.39, 0.29) is 16.5 Å². The molecule has 0 saturated carbocycles. The number of hydrogen-bond donors (Lipinski definition) is 1. The average Bonchev–Trinajstić information content (AvgIpc) is 3.44. The van der Waals surface area contributed by atoms with Crippen molar-refractivity contribution in [2.24, 2.45) is 0 Å². The maximum Gasteiger partial charge on any atom is 0.296 e. The molecule has 4 aromatic rings. The third kappa shape index (κ3) is 3.20. The molecule has 1 aliphatic rings. The summed E-state index contributed by atoms with van der Waals surface area (Å²) in [4.78, 5) is 32.2. The van der Waals surface area contributed by atoms with Crippen LogP contribution in [0.25, 0.3) is 10.2 Å². The number of thiazole rings is 1. The van der Waals surface area contributed by atoms with E-state index in [1.165, 1.54) is 29.2 Å². The number of halogens is 1. The van der Waals surface area contributed by atoms with Crippen LogP contribution in [-0.2, 0) is 4.79 Å². The zero-order valence-corrected chi connectivity index (χ0v) is 17.9. The predicted molar refractivity (Wildman–Crippen MR) is 118 cm³/mol. The Morgan fingerprint density at radius 3 is 2.56 bits per heavy atom. The lowest BCUT2D eigenvalue weighted by molar-refractivity contribution is -0.117. The van der Waals surface area contributed by atoms with E-state index in [0.717, 1.165) is 16.9 Å². The molecule has 0 saturated heterocycles. The quantitative estimate of drug-likeness (QED) is 0.421. The smallest absolute Gasteiger partial charge is 0.296 e. The van der Waals surface area contributed by atoms with E-state index in [2.05, 4.69) is 4.98 Å². The number of Topliss-reactive ketones (excluding diaryl/α,β-unsaturated/α-hetero) is 1. The molecular weight excluding hydrogens is 431 g/mol. The molecule has 0 aliphatic carbocycles. The van der Waals surface area contributed by atoms with Gasteiger partial charge >= 0.3 is 0 Å². The molecule has 1 amide bonds. The van der Waals surface area contributed by atoms with Gasteiger partial charge < -0.3 is 9.52 Å². The number of aryl methyl sites for hydroxylation is 2. The summed E-state index contributed by atoms with van der Waals surface area (Å²) in [7, 11) is 0. The van der Waals surface area contributed by atoms with E-state index in [0.29, 0.717) is 21.5 Å². The van der Waals surface area contributed by atoms with E-state index in [9.17, 15) is 19.1 Å². The van der Waals surface area contributed by atoms with Crippen LogP contribution < -0.4 is 4.90 Å². The van der Waals surface area contributed by atoms with Crippen LogP contribution >= 0.6 is 11.3 Å². The van der Waals surface area contributed by atoms with Crippen molar-refractivity contribution in [3.63, 3.8) is 0 Å². The normalized spacial score (nSPS) is 16.4. The summed E-state index contributed by atoms with van der Waals surface area (Å²) in [5.41, 5.74) is 2.06. The summed E-state index contributed by atoms with van der Waals surface area (Å²) in [6.45, 7) is 3.63. The highest BCUT2D eigenvalue weighted by Gasteiger charge is 2.46. The van der Waals surface area contributed by atoms with Crippen LogP contribution in [0.4, 0.5) is 9.52 Å². The van der Waals surface area contributed by atoms with Gasteiger partial charge in [0.1, 0.15) is 11.6 Å². The first kappa shape index (κ1) is 20.1. The van der Waals surface area contributed by atoms with Crippen molar-refractivity contribution in [2.75, 3.05) is 4.90 Å². The molecule has 3 heterocycles. The number of hydrogen-bond acceptors (Lipinski definition) is 6. The molecule has 0 bridgehead atoms. The van der Waals surface area contributed by atoms with Gasteiger partial charge in [-0.1, -0.05) is 41.2 Å². The first-order valence-corrected chi connectivity index (χ1v) is 10.7. The van der Waals surface area contributed by atoms with Crippen LogP contribution in [0.3, 0.4) is 0 Å². The fourth-order valence-corrected chi connectivity index (χ4v) is 4.79. The molecule has 0 spiro atoms. The summed E-state index contributed by atoms with van der Waals surface area (Å²) < 4.78 is 19.7. The number of rotatable bonds is 4. The number of aliphatic hydroxyl groups excluding tert-OH is 1. The second-order valence-corrected chi connectivity index (χ2v) is 8.61. The zero-order chi connectivity index (χ0) is 22.6. The fraction of sp³-hybridized carbons (Fsp3) is 0.125. The molecule has 0 unspecified atom stereocenters. The second-order valence-electron chi connectivity index (χ2n) is 7.60. The largest absolute Gasteiger partial charge is 0.503 e. The Labute approximate surface area is 186 Å². The number of nitrogens with zero attached hydrogens (tertiary/aromatic N) is 2. The van der Waals surface area contributed by atoms with Crippen molar-refractivity contribution >= 4 is 38.4 Å². The fourth-order valence-electron chi connectivity index (χ4n) is 3.78. The number of amides is 1. The molecular formula is C24H17FN2O4S. The van der Waals surface area contributed by atoms with Crippen LogP contribution in [-0.4, -0.2) is 21.8 Å². The average molecular weight is 448 g/mol. The van der Waals surface area contributed by atoms with Gasteiger partial charge in [-0.25, -0.2) is 9.37 Å². The minimum absolute atomic E-state index is 0.0298. The van der Waals surface area contributed by atoms with Gasteiger partial charge in [-0.3, -0.25) is 14.5 Å². The number of aliphatic hydroxyl groups is 1. The number of benzene rings is 2. The van der Waals surface area contributed by atoms with Gasteiger partial charge in [0.05, 0.1) is 21.8 Å². The van der Waals surface area contributed by atoms with Crippen LogP contribution in [0.5, 0.6) is 0 Å². The minimum atomic E-state index is -0.911. The molecule has 160 valence electrons. The molecule has 0 radical (unpaired) electrons. The molecule has 2 aromatic heterocycles. The second kappa shape index (κ2) is 7.42. The third-order valence-corrected chi connectivity index (χ3v) is 6.37. The van der Waals surface area contributed by atoms with Crippen molar-refractivity contribution in [1.82, 2.24) is 4.98 Å². The highest BCUT2D eigenvalue weighted by atomic mass is 32.1. The SMILES string of the molecule is Cc1ccc([C@H]2C(C(=O)c3ccc(C)o3)=C(O)C(=O)N2c2nc3ccc(F)cc3s2)cc1. The van der Waals surface area contributed by atoms with Gasteiger partial charge in [0.15, 0.2) is 16.7 Å². The zero-order valence-electron chi connectivity index (χ0n) is 17.1. The first-order chi connectivity index (χ1) is 15.3. The van der Waals surface area contributed by atoms with Gasteiger partial charge in [-0.2, -0.15) is 0 Å². The third-order valence-electron chi connectivity index (χ3n) is 5.36. The molecule has 0 fully saturated rings. The van der Waals surface area contributed by atoms with Gasteiger partial charge in [0.2, 0.25) is 5.78 Å². The Balaban J connectivity index is 1.68. The number of ketones is 1. The van der Waals surface area contributed by atoms with Gasteiger partial charge in [0, 0.05) is 0 Å². The number of fused-ring (bicyclic) bond motifs is 1. The first-order valence-electron chi connectivity index (χ1n) is 9.84. The summed E-state index contributed by atoms with van der Waals surface area (Å²) in [5.74, 6) is -1.83. The molecule has 8 heteroatoms. The monoisotopic (exact) mass is 448 g/mol. The molecule has 32 heavy (non-hydrogen) atoms. The summed E-state index contributed by atoms with van der Waals surface area (Å²) in [5, 5.41) is 11.0. The Hall–Kier alpha value is -3.78. The summed E-state index contributed by atoms with van der Waals surface area (Å²) in [6, 6.07) is 13.7. The summed E-state index contributed by atoms with van der Waals surface area (Å²) in [6.07, 6.45) is 0. The van der Waals surface area contributed by atoms with E-state index in [1.54, 1.807) is 25.1 Å². The Bertz CT molecular complexity index is 1420. The number of aromatic nitrogens is 1. The lowest BCUT2D eigenvalue weighted by Crippen LogP contribution is -2.30. The number of anilines is 1. The lowest BCUT2D eigenvalue weighted by atomic mass is 9.94. The van der Waals surface area contributed by atoms with Crippen LogP contribution in [0.1, 0.15) is 33.5 Å². The number of carbonyl (C=O) groups is 2. The highest BCUT2D eigenvalue weighted by Crippen LogP contribution is 2.44. The van der Waals surface area contributed by atoms with Crippen molar-refractivity contribution in [3.05, 3.63) is 94.4 Å².